The number of aromatic amines is 1. The number of H-pyrrole nitrogens is 1. The van der Waals surface area contributed by atoms with Gasteiger partial charge in [-0.05, 0) is 35.9 Å². The van der Waals surface area contributed by atoms with Crippen LogP contribution in [0.1, 0.15) is 5.56 Å². The number of anilines is 1. The van der Waals surface area contributed by atoms with E-state index in [1.807, 2.05) is 24.3 Å². The molecular weight excluding hydrogens is 244 g/mol. The monoisotopic (exact) mass is 256 g/mol. The lowest BCUT2D eigenvalue weighted by Crippen LogP contribution is -1.98. The molecule has 0 saturated carbocycles. The summed E-state index contributed by atoms with van der Waals surface area (Å²) in [6, 6.07) is 12.4. The van der Waals surface area contributed by atoms with Gasteiger partial charge >= 0.3 is 5.76 Å². The van der Waals surface area contributed by atoms with Crippen molar-refractivity contribution >= 4 is 16.8 Å². The normalized spacial score (nSPS) is 10.7. The van der Waals surface area contributed by atoms with E-state index in [9.17, 15) is 9.90 Å². The van der Waals surface area contributed by atoms with Crippen molar-refractivity contribution in [3.63, 3.8) is 0 Å². The minimum Gasteiger partial charge on any atom is -0.508 e. The van der Waals surface area contributed by atoms with Crippen molar-refractivity contribution in [2.24, 2.45) is 0 Å². The Balaban J connectivity index is 1.77. The van der Waals surface area contributed by atoms with Crippen LogP contribution in [0.15, 0.2) is 51.7 Å². The zero-order chi connectivity index (χ0) is 13.2. The SMILES string of the molecule is O=c1[nH]c2cc(NCc3ccc(O)cc3)ccc2o1. The summed E-state index contributed by atoms with van der Waals surface area (Å²) in [7, 11) is 0. The zero-order valence-electron chi connectivity index (χ0n) is 10.0. The average Bonchev–Trinajstić information content (AvgIpc) is 2.77. The topological polar surface area (TPSA) is 78.3 Å². The Morgan fingerprint density at radius 1 is 1.16 bits per heavy atom. The molecule has 3 N–H and O–H groups in total. The van der Waals surface area contributed by atoms with Gasteiger partial charge in [-0.3, -0.25) is 4.98 Å². The Labute approximate surface area is 108 Å². The Morgan fingerprint density at radius 2 is 1.95 bits per heavy atom. The molecular formula is C14H12N2O3. The summed E-state index contributed by atoms with van der Waals surface area (Å²) < 4.78 is 4.93. The Hall–Kier alpha value is -2.69. The fourth-order valence-corrected chi connectivity index (χ4v) is 1.88. The Kier molecular flexibility index (Phi) is 2.72. The van der Waals surface area contributed by atoms with Crippen LogP contribution in [0.4, 0.5) is 5.69 Å². The van der Waals surface area contributed by atoms with Crippen molar-refractivity contribution in [1.29, 1.82) is 0 Å². The molecule has 0 bridgehead atoms. The first-order valence-corrected chi connectivity index (χ1v) is 5.85. The van der Waals surface area contributed by atoms with Gasteiger partial charge in [0.1, 0.15) is 5.75 Å². The van der Waals surface area contributed by atoms with Gasteiger partial charge in [0.2, 0.25) is 0 Å². The number of benzene rings is 2. The minimum absolute atomic E-state index is 0.251. The van der Waals surface area contributed by atoms with Gasteiger partial charge in [0.25, 0.3) is 0 Å². The van der Waals surface area contributed by atoms with Gasteiger partial charge < -0.3 is 14.8 Å². The van der Waals surface area contributed by atoms with E-state index in [0.29, 0.717) is 17.6 Å². The molecule has 0 atom stereocenters. The second-order valence-electron chi connectivity index (χ2n) is 4.25. The molecule has 0 aliphatic carbocycles. The maximum atomic E-state index is 11.0. The van der Waals surface area contributed by atoms with Crippen LogP contribution in [0.5, 0.6) is 5.75 Å². The number of phenols is 1. The number of aromatic nitrogens is 1. The molecule has 2 aromatic carbocycles. The average molecular weight is 256 g/mol. The molecule has 5 heteroatoms. The van der Waals surface area contributed by atoms with E-state index in [2.05, 4.69) is 10.3 Å². The molecule has 0 aliphatic heterocycles. The third kappa shape index (κ3) is 2.44. The van der Waals surface area contributed by atoms with Gasteiger partial charge in [0.15, 0.2) is 5.58 Å². The molecule has 96 valence electrons. The van der Waals surface area contributed by atoms with Gasteiger partial charge in [0, 0.05) is 12.2 Å². The summed E-state index contributed by atoms with van der Waals surface area (Å²) in [6.07, 6.45) is 0. The fourth-order valence-electron chi connectivity index (χ4n) is 1.88. The third-order valence-electron chi connectivity index (χ3n) is 2.85. The largest absolute Gasteiger partial charge is 0.508 e. The number of fused-ring (bicyclic) bond motifs is 1. The minimum atomic E-state index is -0.453. The summed E-state index contributed by atoms with van der Waals surface area (Å²) in [6.45, 7) is 0.633. The van der Waals surface area contributed by atoms with Crippen LogP contribution >= 0.6 is 0 Å². The smallest absolute Gasteiger partial charge is 0.417 e. The number of rotatable bonds is 3. The van der Waals surface area contributed by atoms with Gasteiger partial charge in [0.05, 0.1) is 5.52 Å². The molecule has 19 heavy (non-hydrogen) atoms. The molecule has 0 amide bonds. The molecule has 1 aromatic heterocycles. The summed E-state index contributed by atoms with van der Waals surface area (Å²) in [5.41, 5.74) is 3.15. The maximum absolute atomic E-state index is 11.0. The van der Waals surface area contributed by atoms with E-state index in [0.717, 1.165) is 11.3 Å². The number of nitrogens with one attached hydrogen (secondary N) is 2. The van der Waals surface area contributed by atoms with E-state index >= 15 is 0 Å². The van der Waals surface area contributed by atoms with E-state index in [1.165, 1.54) is 0 Å². The van der Waals surface area contributed by atoms with Crippen molar-refractivity contribution in [1.82, 2.24) is 4.98 Å². The summed E-state index contributed by atoms with van der Waals surface area (Å²) in [4.78, 5) is 13.7. The maximum Gasteiger partial charge on any atom is 0.417 e. The lowest BCUT2D eigenvalue weighted by Gasteiger charge is -2.06. The van der Waals surface area contributed by atoms with Crippen molar-refractivity contribution in [3.05, 3.63) is 58.6 Å². The molecule has 0 radical (unpaired) electrons. The van der Waals surface area contributed by atoms with Crippen LogP contribution in [0.2, 0.25) is 0 Å². The second kappa shape index (κ2) is 4.53. The van der Waals surface area contributed by atoms with E-state index in [4.69, 9.17) is 4.42 Å². The quantitative estimate of drug-likeness (QED) is 0.672. The first kappa shape index (κ1) is 11.4. The molecule has 3 rings (SSSR count). The number of hydrogen-bond donors (Lipinski definition) is 3. The highest BCUT2D eigenvalue weighted by molar-refractivity contribution is 5.76. The number of phenolic OH excluding ortho intramolecular Hbond substituents is 1. The van der Waals surface area contributed by atoms with Gasteiger partial charge in [-0.1, -0.05) is 12.1 Å². The number of aromatic hydroxyl groups is 1. The standard InChI is InChI=1S/C14H12N2O3/c17-11-4-1-9(2-5-11)8-15-10-3-6-13-12(7-10)16-14(18)19-13/h1-7,15,17H,8H2,(H,16,18). The lowest BCUT2D eigenvalue weighted by molar-refractivity contribution is 0.475. The predicted octanol–water partition coefficient (Wildman–Crippen LogP) is 2.44. The van der Waals surface area contributed by atoms with E-state index in [1.54, 1.807) is 18.2 Å². The lowest BCUT2D eigenvalue weighted by atomic mass is 10.2. The van der Waals surface area contributed by atoms with Gasteiger partial charge in [-0.25, -0.2) is 4.79 Å². The van der Waals surface area contributed by atoms with Crippen LogP contribution in [0.25, 0.3) is 11.1 Å². The first-order valence-electron chi connectivity index (χ1n) is 5.85. The van der Waals surface area contributed by atoms with Crippen LogP contribution in [0.3, 0.4) is 0 Å². The van der Waals surface area contributed by atoms with Crippen LogP contribution in [-0.4, -0.2) is 10.1 Å². The molecule has 0 aliphatic rings. The van der Waals surface area contributed by atoms with E-state index < -0.39 is 5.76 Å². The van der Waals surface area contributed by atoms with Crippen LogP contribution < -0.4 is 11.1 Å². The van der Waals surface area contributed by atoms with Crippen molar-refractivity contribution < 1.29 is 9.52 Å². The second-order valence-corrected chi connectivity index (χ2v) is 4.25. The van der Waals surface area contributed by atoms with Gasteiger partial charge in [-0.2, -0.15) is 0 Å². The highest BCUT2D eigenvalue weighted by Crippen LogP contribution is 2.17. The fraction of sp³-hybridized carbons (Fsp3) is 0.0714. The Bertz CT molecular complexity index is 756. The van der Waals surface area contributed by atoms with Gasteiger partial charge in [-0.15, -0.1) is 0 Å². The molecule has 0 spiro atoms. The summed E-state index contributed by atoms with van der Waals surface area (Å²) in [5, 5.41) is 12.4. The molecule has 1 heterocycles. The molecule has 0 saturated heterocycles. The molecule has 3 aromatic rings. The molecule has 0 unspecified atom stereocenters. The summed E-state index contributed by atoms with van der Waals surface area (Å²) in [5.74, 6) is -0.202. The molecule has 0 fully saturated rings. The highest BCUT2D eigenvalue weighted by Gasteiger charge is 2.02. The predicted molar refractivity (Wildman–Crippen MR) is 72.3 cm³/mol. The van der Waals surface area contributed by atoms with Crippen LogP contribution in [0, 0.1) is 0 Å². The number of oxazole rings is 1. The molecule has 5 nitrogen and oxygen atoms in total. The van der Waals surface area contributed by atoms with E-state index in [-0.39, 0.29) is 5.75 Å². The first-order chi connectivity index (χ1) is 9.20. The summed E-state index contributed by atoms with van der Waals surface area (Å²) >= 11 is 0. The number of hydrogen-bond acceptors (Lipinski definition) is 4. The van der Waals surface area contributed by atoms with Crippen LogP contribution in [-0.2, 0) is 6.54 Å². The van der Waals surface area contributed by atoms with Crippen molar-refractivity contribution in [3.8, 4) is 5.75 Å². The third-order valence-corrected chi connectivity index (χ3v) is 2.85. The Morgan fingerprint density at radius 3 is 2.74 bits per heavy atom. The zero-order valence-corrected chi connectivity index (χ0v) is 10.0. The van der Waals surface area contributed by atoms with Crippen molar-refractivity contribution in [2.45, 2.75) is 6.54 Å². The highest BCUT2D eigenvalue weighted by atomic mass is 16.4. The van der Waals surface area contributed by atoms with Crippen molar-refractivity contribution in [2.75, 3.05) is 5.32 Å².